The molecular weight excluding hydrogens is 447 g/mol. The Labute approximate surface area is 188 Å². The molecule has 0 saturated carbocycles. The van der Waals surface area contributed by atoms with Crippen molar-refractivity contribution in [3.8, 4) is 5.75 Å². The summed E-state index contributed by atoms with van der Waals surface area (Å²) < 4.78 is 10.9. The third kappa shape index (κ3) is 6.90. The molecule has 1 N–H and O–H groups in total. The molecule has 9 nitrogen and oxygen atoms in total. The van der Waals surface area contributed by atoms with E-state index < -0.39 is 4.92 Å². The molecule has 0 aromatic heterocycles. The minimum absolute atomic E-state index is 0.000455. The van der Waals surface area contributed by atoms with Crippen molar-refractivity contribution >= 4 is 41.0 Å². The van der Waals surface area contributed by atoms with Crippen molar-refractivity contribution in [1.29, 1.82) is 0 Å². The molecule has 0 bridgehead atoms. The van der Waals surface area contributed by atoms with Gasteiger partial charge < -0.3 is 9.47 Å². The highest BCUT2D eigenvalue weighted by Crippen LogP contribution is 2.34. The van der Waals surface area contributed by atoms with Crippen molar-refractivity contribution < 1.29 is 19.2 Å². The van der Waals surface area contributed by atoms with Gasteiger partial charge in [-0.15, -0.1) is 0 Å². The number of benzene rings is 2. The van der Waals surface area contributed by atoms with Gasteiger partial charge in [-0.05, 0) is 35.4 Å². The first-order valence-electron chi connectivity index (χ1n) is 9.39. The van der Waals surface area contributed by atoms with Crippen LogP contribution in [-0.4, -0.2) is 54.8 Å². The molecule has 0 atom stereocenters. The summed E-state index contributed by atoms with van der Waals surface area (Å²) in [4.78, 5) is 24.2. The van der Waals surface area contributed by atoms with E-state index in [1.54, 1.807) is 24.3 Å². The van der Waals surface area contributed by atoms with Gasteiger partial charge >= 0.3 is 0 Å². The lowest BCUT2D eigenvalue weighted by Crippen LogP contribution is -2.42. The molecule has 164 valence electrons. The summed E-state index contributed by atoms with van der Waals surface area (Å²) >= 11 is 12.5. The molecule has 0 spiro atoms. The molecule has 0 radical (unpaired) electrons. The van der Waals surface area contributed by atoms with Crippen molar-refractivity contribution in [3.05, 3.63) is 67.7 Å². The number of non-ortho nitro benzene ring substituents is 1. The minimum atomic E-state index is -0.469. The number of halogens is 2. The van der Waals surface area contributed by atoms with Gasteiger partial charge in [0.1, 0.15) is 6.61 Å². The maximum atomic E-state index is 12.0. The van der Waals surface area contributed by atoms with Crippen LogP contribution < -0.4 is 10.2 Å². The van der Waals surface area contributed by atoms with E-state index in [-0.39, 0.29) is 40.5 Å². The Morgan fingerprint density at radius 3 is 2.48 bits per heavy atom. The van der Waals surface area contributed by atoms with E-state index >= 15 is 0 Å². The van der Waals surface area contributed by atoms with Crippen LogP contribution in [0.1, 0.15) is 11.1 Å². The first-order chi connectivity index (χ1) is 14.9. The fraction of sp³-hybridized carbons (Fsp3) is 0.300. The topological polar surface area (TPSA) is 106 Å². The number of hydrazone groups is 1. The van der Waals surface area contributed by atoms with Crippen molar-refractivity contribution in [2.45, 2.75) is 6.61 Å². The van der Waals surface area contributed by atoms with Crippen LogP contribution in [0.4, 0.5) is 5.69 Å². The smallest absolute Gasteiger partial charge is 0.269 e. The third-order valence-electron chi connectivity index (χ3n) is 4.42. The molecule has 0 unspecified atom stereocenters. The number of nitrogens with zero attached hydrogens (tertiary/aromatic N) is 3. The summed E-state index contributed by atoms with van der Waals surface area (Å²) in [6.45, 7) is 3.05. The number of carbonyl (C=O) groups excluding carboxylic acids is 1. The van der Waals surface area contributed by atoms with Crippen LogP contribution in [-0.2, 0) is 16.1 Å². The Bertz CT molecular complexity index is 940. The summed E-state index contributed by atoms with van der Waals surface area (Å²) in [6.07, 6.45) is 1.44. The Balaban J connectivity index is 1.54. The molecule has 1 fully saturated rings. The lowest BCUT2D eigenvalue weighted by atomic mass is 10.2. The summed E-state index contributed by atoms with van der Waals surface area (Å²) in [6, 6.07) is 9.21. The van der Waals surface area contributed by atoms with Crippen LogP contribution >= 0.6 is 23.2 Å². The largest absolute Gasteiger partial charge is 0.486 e. The molecular formula is C20H20Cl2N4O5. The lowest BCUT2D eigenvalue weighted by molar-refractivity contribution is -0.384. The first-order valence-corrected chi connectivity index (χ1v) is 10.1. The van der Waals surface area contributed by atoms with Gasteiger partial charge in [0, 0.05) is 25.2 Å². The van der Waals surface area contributed by atoms with Gasteiger partial charge in [0.15, 0.2) is 5.75 Å². The Morgan fingerprint density at radius 2 is 1.87 bits per heavy atom. The Hall–Kier alpha value is -2.72. The van der Waals surface area contributed by atoms with Crippen LogP contribution in [0.15, 0.2) is 41.5 Å². The number of nitro groups is 1. The standard InChI is InChI=1S/C20H20Cl2N4O5/c21-17-9-15(11-23-24-19(27)12-25-5-7-30-8-6-25)10-18(22)20(17)31-13-14-1-3-16(4-2-14)26(28)29/h1-4,9-11H,5-8,12-13H2,(H,24,27)/b23-11+. The zero-order chi connectivity index (χ0) is 22.2. The van der Waals surface area contributed by atoms with Gasteiger partial charge in [-0.1, -0.05) is 23.2 Å². The van der Waals surface area contributed by atoms with Gasteiger partial charge in [0.25, 0.3) is 11.6 Å². The maximum absolute atomic E-state index is 12.0. The fourth-order valence-corrected chi connectivity index (χ4v) is 3.45. The highest BCUT2D eigenvalue weighted by Gasteiger charge is 2.14. The third-order valence-corrected chi connectivity index (χ3v) is 4.99. The van der Waals surface area contributed by atoms with E-state index in [2.05, 4.69) is 10.5 Å². The molecule has 1 aliphatic rings. The van der Waals surface area contributed by atoms with Crippen LogP contribution in [0.2, 0.25) is 10.0 Å². The molecule has 11 heteroatoms. The molecule has 1 amide bonds. The number of morpholine rings is 1. The van der Waals surface area contributed by atoms with Crippen LogP contribution in [0.3, 0.4) is 0 Å². The number of carbonyl (C=O) groups is 1. The summed E-state index contributed by atoms with van der Waals surface area (Å²) in [5.74, 6) is 0.0635. The number of amides is 1. The number of nitro benzene ring substituents is 1. The molecule has 1 aliphatic heterocycles. The SMILES string of the molecule is O=C(CN1CCOCC1)N/N=C/c1cc(Cl)c(OCc2ccc([N+](=O)[O-])cc2)c(Cl)c1. The van der Waals surface area contributed by atoms with E-state index in [9.17, 15) is 14.9 Å². The number of hydrogen-bond donors (Lipinski definition) is 1. The molecule has 2 aromatic rings. The Kier molecular flexibility index (Phi) is 8.19. The van der Waals surface area contributed by atoms with E-state index in [0.717, 1.165) is 5.56 Å². The molecule has 2 aromatic carbocycles. The van der Waals surface area contributed by atoms with E-state index in [1.165, 1.54) is 18.3 Å². The fourth-order valence-electron chi connectivity index (χ4n) is 2.84. The second kappa shape index (κ2) is 11.1. The second-order valence-electron chi connectivity index (χ2n) is 6.71. The summed E-state index contributed by atoms with van der Waals surface area (Å²) in [7, 11) is 0. The summed E-state index contributed by atoms with van der Waals surface area (Å²) in [5, 5.41) is 15.2. The van der Waals surface area contributed by atoms with Gasteiger partial charge in [-0.25, -0.2) is 5.43 Å². The zero-order valence-electron chi connectivity index (χ0n) is 16.4. The molecule has 0 aliphatic carbocycles. The first kappa shape index (κ1) is 23.0. The van der Waals surface area contributed by atoms with Gasteiger partial charge in [-0.3, -0.25) is 19.8 Å². The average Bonchev–Trinajstić information content (AvgIpc) is 2.74. The monoisotopic (exact) mass is 466 g/mol. The normalized spacial score (nSPS) is 14.5. The van der Waals surface area contributed by atoms with Crippen LogP contribution in [0.5, 0.6) is 5.75 Å². The second-order valence-corrected chi connectivity index (χ2v) is 7.52. The lowest BCUT2D eigenvalue weighted by Gasteiger charge is -2.25. The zero-order valence-corrected chi connectivity index (χ0v) is 17.9. The quantitative estimate of drug-likeness (QED) is 0.363. The maximum Gasteiger partial charge on any atom is 0.269 e. The van der Waals surface area contributed by atoms with Crippen molar-refractivity contribution in [2.24, 2.45) is 5.10 Å². The highest BCUT2D eigenvalue weighted by molar-refractivity contribution is 6.37. The van der Waals surface area contributed by atoms with E-state index in [0.29, 0.717) is 31.9 Å². The number of rotatable bonds is 8. The predicted octanol–water partition coefficient (Wildman–Crippen LogP) is 3.26. The van der Waals surface area contributed by atoms with Crippen molar-refractivity contribution in [1.82, 2.24) is 10.3 Å². The van der Waals surface area contributed by atoms with Gasteiger partial charge in [0.2, 0.25) is 0 Å². The van der Waals surface area contributed by atoms with Crippen molar-refractivity contribution in [3.63, 3.8) is 0 Å². The molecule has 1 saturated heterocycles. The number of nitrogens with one attached hydrogen (secondary N) is 1. The predicted molar refractivity (Wildman–Crippen MR) is 117 cm³/mol. The molecule has 31 heavy (non-hydrogen) atoms. The van der Waals surface area contributed by atoms with Crippen LogP contribution in [0.25, 0.3) is 0 Å². The van der Waals surface area contributed by atoms with E-state index in [4.69, 9.17) is 32.7 Å². The van der Waals surface area contributed by atoms with Gasteiger partial charge in [-0.2, -0.15) is 5.10 Å². The molecule has 3 rings (SSSR count). The summed E-state index contributed by atoms with van der Waals surface area (Å²) in [5.41, 5.74) is 3.79. The minimum Gasteiger partial charge on any atom is -0.486 e. The number of hydrogen-bond acceptors (Lipinski definition) is 7. The van der Waals surface area contributed by atoms with Gasteiger partial charge in [0.05, 0.1) is 40.9 Å². The number of ether oxygens (including phenoxy) is 2. The van der Waals surface area contributed by atoms with E-state index in [1.807, 2.05) is 4.90 Å². The highest BCUT2D eigenvalue weighted by atomic mass is 35.5. The van der Waals surface area contributed by atoms with Crippen LogP contribution in [0, 0.1) is 10.1 Å². The average molecular weight is 467 g/mol. The van der Waals surface area contributed by atoms with Crippen molar-refractivity contribution in [2.75, 3.05) is 32.8 Å². The Morgan fingerprint density at radius 1 is 1.23 bits per heavy atom. The molecule has 1 heterocycles.